The molecule has 10 nitrogen and oxygen atoms in total. The van der Waals surface area contributed by atoms with Crippen LogP contribution in [0.1, 0.15) is 59.0 Å². The molecule has 2 N–H and O–H groups in total. The minimum Gasteiger partial charge on any atom is -0.476 e. The molecule has 1 aromatic carbocycles. The molecule has 38 heavy (non-hydrogen) atoms. The summed E-state index contributed by atoms with van der Waals surface area (Å²) in [5.41, 5.74) is 3.50. The molecular formula is C27H30ClN7O3. The van der Waals surface area contributed by atoms with Crippen molar-refractivity contribution in [2.75, 3.05) is 23.3 Å². The Kier molecular flexibility index (Phi) is 6.83. The zero-order valence-electron chi connectivity index (χ0n) is 21.8. The van der Waals surface area contributed by atoms with E-state index in [1.54, 1.807) is 17.7 Å². The quantitative estimate of drug-likeness (QED) is 0.346. The Bertz CT molecular complexity index is 1590. The first kappa shape index (κ1) is 25.7. The van der Waals surface area contributed by atoms with Gasteiger partial charge in [-0.25, -0.2) is 14.8 Å². The summed E-state index contributed by atoms with van der Waals surface area (Å²) >= 11 is 5.92. The summed E-state index contributed by atoms with van der Waals surface area (Å²) in [6.45, 7) is 7.38. The second kappa shape index (κ2) is 10.1. The van der Waals surface area contributed by atoms with Gasteiger partial charge in [0.05, 0.1) is 34.9 Å². The first-order valence-electron chi connectivity index (χ1n) is 12.6. The van der Waals surface area contributed by atoms with Crippen molar-refractivity contribution in [2.45, 2.75) is 45.7 Å². The van der Waals surface area contributed by atoms with E-state index in [0.29, 0.717) is 28.6 Å². The molecule has 3 aromatic heterocycles. The van der Waals surface area contributed by atoms with Gasteiger partial charge in [0.25, 0.3) is 5.56 Å². The molecule has 0 spiro atoms. The van der Waals surface area contributed by atoms with Gasteiger partial charge < -0.3 is 15.3 Å². The zero-order valence-corrected chi connectivity index (χ0v) is 22.5. The van der Waals surface area contributed by atoms with E-state index in [9.17, 15) is 14.7 Å². The number of aryl methyl sites for hydroxylation is 2. The van der Waals surface area contributed by atoms with Gasteiger partial charge in [-0.15, -0.1) is 0 Å². The van der Waals surface area contributed by atoms with Gasteiger partial charge in [0.2, 0.25) is 5.95 Å². The minimum atomic E-state index is -1.18. The van der Waals surface area contributed by atoms with Crippen LogP contribution in [-0.2, 0) is 7.05 Å². The van der Waals surface area contributed by atoms with Crippen molar-refractivity contribution in [1.82, 2.24) is 24.3 Å². The van der Waals surface area contributed by atoms with Gasteiger partial charge in [0.15, 0.2) is 5.69 Å². The summed E-state index contributed by atoms with van der Waals surface area (Å²) in [5, 5.41) is 17.9. The first-order valence-corrected chi connectivity index (χ1v) is 12.9. The highest BCUT2D eigenvalue weighted by molar-refractivity contribution is 6.29. The molecule has 5 rings (SSSR count). The number of pyridine rings is 1. The number of carboxylic acid groups (broad SMARTS) is 1. The molecule has 0 saturated carbocycles. The van der Waals surface area contributed by atoms with Crippen molar-refractivity contribution in [3.05, 3.63) is 74.6 Å². The van der Waals surface area contributed by atoms with Gasteiger partial charge in [-0.3, -0.25) is 14.0 Å². The van der Waals surface area contributed by atoms with E-state index in [1.807, 2.05) is 43.8 Å². The van der Waals surface area contributed by atoms with E-state index in [0.717, 1.165) is 42.6 Å². The van der Waals surface area contributed by atoms with Crippen LogP contribution in [0.25, 0.3) is 10.9 Å². The van der Waals surface area contributed by atoms with E-state index in [-0.39, 0.29) is 22.4 Å². The monoisotopic (exact) mass is 535 g/mol. The molecule has 198 valence electrons. The van der Waals surface area contributed by atoms with Gasteiger partial charge in [-0.2, -0.15) is 5.10 Å². The van der Waals surface area contributed by atoms with Crippen LogP contribution in [0.4, 0.5) is 11.6 Å². The number of carboxylic acids is 1. The van der Waals surface area contributed by atoms with Crippen LogP contribution in [-0.4, -0.2) is 48.5 Å². The van der Waals surface area contributed by atoms with Gasteiger partial charge >= 0.3 is 5.97 Å². The van der Waals surface area contributed by atoms with Gasteiger partial charge in [-0.1, -0.05) is 17.7 Å². The lowest BCUT2D eigenvalue weighted by Gasteiger charge is -2.33. The number of fused-ring (bicyclic) bond motifs is 1. The van der Waals surface area contributed by atoms with Gasteiger partial charge in [-0.05, 0) is 62.9 Å². The number of hydrogen-bond donors (Lipinski definition) is 2. The summed E-state index contributed by atoms with van der Waals surface area (Å²) < 4.78 is 3.65. The molecule has 1 fully saturated rings. The van der Waals surface area contributed by atoms with Crippen molar-refractivity contribution in [3.63, 3.8) is 0 Å². The Labute approximate surface area is 224 Å². The van der Waals surface area contributed by atoms with E-state index < -0.39 is 5.97 Å². The highest BCUT2D eigenvalue weighted by Crippen LogP contribution is 2.30. The molecule has 0 radical (unpaired) electrons. The number of benzene rings is 1. The normalized spacial score (nSPS) is 15.1. The molecule has 0 aliphatic carbocycles. The van der Waals surface area contributed by atoms with Crippen molar-refractivity contribution in [3.8, 4) is 0 Å². The number of rotatable bonds is 6. The van der Waals surface area contributed by atoms with E-state index in [4.69, 9.17) is 16.6 Å². The molecule has 1 atom stereocenters. The first-order chi connectivity index (χ1) is 18.1. The Hall–Kier alpha value is -3.92. The molecule has 0 bridgehead atoms. The van der Waals surface area contributed by atoms with Crippen molar-refractivity contribution < 1.29 is 9.90 Å². The maximum Gasteiger partial charge on any atom is 0.356 e. The third-order valence-electron chi connectivity index (χ3n) is 7.08. The number of nitrogens with zero attached hydrogens (tertiary/aromatic N) is 6. The molecule has 1 aliphatic heterocycles. The van der Waals surface area contributed by atoms with E-state index in [1.165, 1.54) is 6.07 Å². The maximum absolute atomic E-state index is 13.5. The van der Waals surface area contributed by atoms with Crippen molar-refractivity contribution in [1.29, 1.82) is 0 Å². The summed E-state index contributed by atoms with van der Waals surface area (Å²) in [7, 11) is 1.76. The van der Waals surface area contributed by atoms with Crippen molar-refractivity contribution >= 4 is 40.1 Å². The number of carbonyl (C=O) groups is 1. The maximum atomic E-state index is 13.5. The van der Waals surface area contributed by atoms with Crippen LogP contribution in [0, 0.1) is 13.8 Å². The average molecular weight is 536 g/mol. The largest absolute Gasteiger partial charge is 0.476 e. The predicted octanol–water partition coefficient (Wildman–Crippen LogP) is 4.51. The third kappa shape index (κ3) is 4.83. The average Bonchev–Trinajstić information content (AvgIpc) is 3.33. The van der Waals surface area contributed by atoms with Crippen LogP contribution in [0.2, 0.25) is 5.15 Å². The highest BCUT2D eigenvalue weighted by Gasteiger charge is 2.25. The zero-order chi connectivity index (χ0) is 27.1. The summed E-state index contributed by atoms with van der Waals surface area (Å²) in [4.78, 5) is 36.4. The third-order valence-corrected chi connectivity index (χ3v) is 7.30. The summed E-state index contributed by atoms with van der Waals surface area (Å²) in [6, 6.07) is 6.92. The van der Waals surface area contributed by atoms with Crippen LogP contribution in [0.3, 0.4) is 0 Å². The topological polar surface area (TPSA) is 118 Å². The molecule has 1 saturated heterocycles. The van der Waals surface area contributed by atoms with E-state index in [2.05, 4.69) is 26.5 Å². The fourth-order valence-corrected chi connectivity index (χ4v) is 5.29. The van der Waals surface area contributed by atoms with Crippen LogP contribution < -0.4 is 15.8 Å². The lowest BCUT2D eigenvalue weighted by atomic mass is 10.0. The van der Waals surface area contributed by atoms with Gasteiger partial charge in [0.1, 0.15) is 5.15 Å². The Balaban J connectivity index is 1.50. The molecule has 4 aromatic rings. The Morgan fingerprint density at radius 1 is 1.16 bits per heavy atom. The lowest BCUT2D eigenvalue weighted by molar-refractivity contribution is 0.0691. The molecule has 0 unspecified atom stereocenters. The SMILES string of the molecule is Cc1cc([C@@H](C)Nc2ccc(Cl)nc2C(=O)O)c2nc(N3CCC(n4cc(C)cn4)CC3)n(C)c(=O)c2c1. The molecule has 0 amide bonds. The highest BCUT2D eigenvalue weighted by atomic mass is 35.5. The number of aromatic nitrogens is 5. The molecular weight excluding hydrogens is 506 g/mol. The number of anilines is 2. The van der Waals surface area contributed by atoms with E-state index >= 15 is 0 Å². The molecule has 1 aliphatic rings. The van der Waals surface area contributed by atoms with Gasteiger partial charge in [0, 0.05) is 31.9 Å². The van der Waals surface area contributed by atoms with Crippen LogP contribution in [0.5, 0.6) is 0 Å². The van der Waals surface area contributed by atoms with Crippen molar-refractivity contribution in [2.24, 2.45) is 7.05 Å². The molecule has 11 heteroatoms. The second-order valence-corrected chi connectivity index (χ2v) is 10.3. The minimum absolute atomic E-state index is 0.0999. The number of nitrogens with one attached hydrogen (secondary N) is 1. The number of piperidine rings is 1. The number of aromatic carboxylic acids is 1. The Morgan fingerprint density at radius 3 is 2.55 bits per heavy atom. The second-order valence-electron chi connectivity index (χ2n) is 9.94. The fraction of sp³-hybridized carbons (Fsp3) is 0.370. The smallest absolute Gasteiger partial charge is 0.356 e. The van der Waals surface area contributed by atoms with Crippen LogP contribution >= 0.6 is 11.6 Å². The fourth-order valence-electron chi connectivity index (χ4n) is 5.14. The summed E-state index contributed by atoms with van der Waals surface area (Å²) in [6.07, 6.45) is 5.74. The Morgan fingerprint density at radius 2 is 1.89 bits per heavy atom. The number of hydrogen-bond acceptors (Lipinski definition) is 7. The standard InChI is InChI=1S/C27H30ClN7O3/c1-15-11-19(17(3)30-21-5-6-22(28)31-24(21)26(37)38)23-20(12-15)25(36)33(4)27(32-23)34-9-7-18(8-10-34)35-14-16(2)13-29-35/h5-6,11-14,17-18,30H,7-10H2,1-4H3,(H,37,38)/t17-/m1/s1. The summed E-state index contributed by atoms with van der Waals surface area (Å²) in [5.74, 6) is -0.562. The predicted molar refractivity (Wildman–Crippen MR) is 147 cm³/mol. The lowest BCUT2D eigenvalue weighted by Crippen LogP contribution is -2.39. The van der Waals surface area contributed by atoms with Crippen LogP contribution in [0.15, 0.2) is 41.5 Å². The molecule has 4 heterocycles. The number of halogens is 1.